The number of thiophene rings is 1. The molecule has 0 radical (unpaired) electrons. The molecule has 3 aromatic rings. The minimum Gasteiger partial charge on any atom is -0.495 e. The van der Waals surface area contributed by atoms with E-state index < -0.39 is 0 Å². The van der Waals surface area contributed by atoms with Gasteiger partial charge in [-0.15, -0.1) is 11.3 Å². The minimum atomic E-state index is -0.233. The smallest absolute Gasteiger partial charge is 0.268 e. The summed E-state index contributed by atoms with van der Waals surface area (Å²) in [5.74, 6) is 0.382. The van der Waals surface area contributed by atoms with Gasteiger partial charge < -0.3 is 15.8 Å². The Balaban J connectivity index is 1.71. The van der Waals surface area contributed by atoms with Crippen LogP contribution in [0.4, 0.5) is 11.4 Å². The molecule has 128 valence electrons. The third kappa shape index (κ3) is 2.82. The van der Waals surface area contributed by atoms with E-state index >= 15 is 0 Å². The van der Waals surface area contributed by atoms with Gasteiger partial charge in [0.05, 0.1) is 18.5 Å². The van der Waals surface area contributed by atoms with Crippen molar-refractivity contribution in [1.29, 1.82) is 0 Å². The van der Waals surface area contributed by atoms with Gasteiger partial charge in [-0.2, -0.15) is 0 Å². The molecule has 4 rings (SSSR count). The number of hydrogen-bond donors (Lipinski definition) is 2. The van der Waals surface area contributed by atoms with E-state index in [1.165, 1.54) is 29.7 Å². The Morgan fingerprint density at radius 2 is 2.08 bits per heavy atom. The Morgan fingerprint density at radius 1 is 1.28 bits per heavy atom. The number of benzene rings is 1. The summed E-state index contributed by atoms with van der Waals surface area (Å²) in [6, 6.07) is 9.43. The second-order valence-electron chi connectivity index (χ2n) is 6.15. The molecule has 6 heteroatoms. The number of amides is 1. The Kier molecular flexibility index (Phi) is 4.05. The first-order chi connectivity index (χ1) is 12.2. The van der Waals surface area contributed by atoms with Crippen molar-refractivity contribution in [2.75, 3.05) is 18.2 Å². The lowest BCUT2D eigenvalue weighted by Crippen LogP contribution is -2.12. The van der Waals surface area contributed by atoms with Gasteiger partial charge in [-0.1, -0.05) is 12.1 Å². The zero-order valence-electron chi connectivity index (χ0n) is 14.0. The van der Waals surface area contributed by atoms with Crippen molar-refractivity contribution in [3.05, 3.63) is 46.5 Å². The van der Waals surface area contributed by atoms with Gasteiger partial charge in [0.15, 0.2) is 0 Å². The lowest BCUT2D eigenvalue weighted by molar-refractivity contribution is 0.103. The lowest BCUT2D eigenvalue weighted by Gasteiger charge is -2.14. The lowest BCUT2D eigenvalue weighted by atomic mass is 9.95. The van der Waals surface area contributed by atoms with Crippen LogP contribution in [0.15, 0.2) is 30.3 Å². The number of nitrogen functional groups attached to an aromatic ring is 1. The van der Waals surface area contributed by atoms with Crippen molar-refractivity contribution in [1.82, 2.24) is 4.98 Å². The zero-order valence-corrected chi connectivity index (χ0v) is 14.8. The number of para-hydroxylation sites is 2. The van der Waals surface area contributed by atoms with E-state index in [0.717, 1.165) is 28.8 Å². The predicted octanol–water partition coefficient (Wildman–Crippen LogP) is 4.02. The fourth-order valence-electron chi connectivity index (χ4n) is 3.26. The molecule has 1 aromatic carbocycles. The van der Waals surface area contributed by atoms with Gasteiger partial charge in [-0.05, 0) is 49.4 Å². The number of ether oxygens (including phenoxy) is 1. The molecule has 0 fully saturated rings. The summed E-state index contributed by atoms with van der Waals surface area (Å²) in [5, 5.41) is 3.77. The molecular weight excluding hydrogens is 334 g/mol. The predicted molar refractivity (Wildman–Crippen MR) is 102 cm³/mol. The molecule has 1 aliphatic rings. The van der Waals surface area contributed by atoms with Crippen molar-refractivity contribution < 1.29 is 9.53 Å². The van der Waals surface area contributed by atoms with Crippen LogP contribution in [0.1, 0.15) is 33.8 Å². The Bertz CT molecular complexity index is 965. The zero-order chi connectivity index (χ0) is 17.4. The molecule has 1 aliphatic carbocycles. The number of anilines is 2. The molecule has 2 aromatic heterocycles. The molecular formula is C19H19N3O2S. The molecule has 25 heavy (non-hydrogen) atoms. The number of nitrogens with two attached hydrogens (primary N) is 1. The number of pyridine rings is 1. The highest BCUT2D eigenvalue weighted by atomic mass is 32.1. The Morgan fingerprint density at radius 3 is 2.92 bits per heavy atom. The highest BCUT2D eigenvalue weighted by molar-refractivity contribution is 7.21. The van der Waals surface area contributed by atoms with Crippen LogP contribution >= 0.6 is 11.3 Å². The molecule has 0 atom stereocenters. The SMILES string of the molecule is COc1ccccc1NC(=O)c1sc2nc3c(cc2c1N)CCCC3. The van der Waals surface area contributed by atoms with Crippen molar-refractivity contribution in [2.24, 2.45) is 0 Å². The van der Waals surface area contributed by atoms with Gasteiger partial charge in [0, 0.05) is 11.1 Å². The number of aryl methyl sites for hydroxylation is 2. The first-order valence-electron chi connectivity index (χ1n) is 8.32. The van der Waals surface area contributed by atoms with Crippen molar-refractivity contribution in [2.45, 2.75) is 25.7 Å². The van der Waals surface area contributed by atoms with E-state index in [4.69, 9.17) is 15.5 Å². The van der Waals surface area contributed by atoms with Gasteiger partial charge in [-0.3, -0.25) is 4.79 Å². The first-order valence-corrected chi connectivity index (χ1v) is 9.14. The number of carbonyl (C=O) groups excluding carboxylic acids is 1. The number of rotatable bonds is 3. The molecule has 0 saturated heterocycles. The molecule has 1 amide bonds. The van der Waals surface area contributed by atoms with E-state index in [1.54, 1.807) is 19.2 Å². The van der Waals surface area contributed by atoms with E-state index in [-0.39, 0.29) is 5.91 Å². The highest BCUT2D eigenvalue weighted by Gasteiger charge is 2.21. The summed E-state index contributed by atoms with van der Waals surface area (Å²) in [5.41, 5.74) is 9.82. The summed E-state index contributed by atoms with van der Waals surface area (Å²) in [7, 11) is 1.58. The van der Waals surface area contributed by atoms with Crippen LogP contribution < -0.4 is 15.8 Å². The third-order valence-corrected chi connectivity index (χ3v) is 5.67. The number of carbonyl (C=O) groups is 1. The van der Waals surface area contributed by atoms with Crippen molar-refractivity contribution >= 4 is 38.8 Å². The second-order valence-corrected chi connectivity index (χ2v) is 7.15. The van der Waals surface area contributed by atoms with Crippen LogP contribution in [0, 0.1) is 0 Å². The quantitative estimate of drug-likeness (QED) is 0.745. The number of nitrogens with one attached hydrogen (secondary N) is 1. The minimum absolute atomic E-state index is 0.233. The van der Waals surface area contributed by atoms with Crippen molar-refractivity contribution in [3.63, 3.8) is 0 Å². The normalized spacial score (nSPS) is 13.5. The maximum atomic E-state index is 12.7. The maximum Gasteiger partial charge on any atom is 0.268 e. The standard InChI is InChI=1S/C19H19N3O2S/c1-24-15-9-5-4-8-14(15)21-18(23)17-16(20)12-10-11-6-2-3-7-13(11)22-19(12)25-17/h4-5,8-10H,2-3,6-7,20H2,1H3,(H,21,23). The molecule has 2 heterocycles. The second kappa shape index (κ2) is 6.37. The van der Waals surface area contributed by atoms with Crippen LogP contribution in [-0.2, 0) is 12.8 Å². The molecule has 5 nitrogen and oxygen atoms in total. The molecule has 0 aliphatic heterocycles. The van der Waals surface area contributed by atoms with Gasteiger partial charge in [-0.25, -0.2) is 4.98 Å². The van der Waals surface area contributed by atoms with Gasteiger partial charge in [0.25, 0.3) is 5.91 Å². The summed E-state index contributed by atoms with van der Waals surface area (Å²) in [6.07, 6.45) is 4.40. The fourth-order valence-corrected chi connectivity index (χ4v) is 4.25. The van der Waals surface area contributed by atoms with Crippen LogP contribution in [0.5, 0.6) is 5.75 Å². The van der Waals surface area contributed by atoms with Gasteiger partial charge in [0.1, 0.15) is 15.5 Å². The molecule has 0 saturated carbocycles. The number of nitrogens with zero attached hydrogens (tertiary/aromatic N) is 1. The Labute approximate surface area is 149 Å². The topological polar surface area (TPSA) is 77.2 Å². The monoisotopic (exact) mass is 353 g/mol. The summed E-state index contributed by atoms with van der Waals surface area (Å²) in [6.45, 7) is 0. The fraction of sp³-hybridized carbons (Fsp3) is 0.263. The van der Waals surface area contributed by atoms with Gasteiger partial charge >= 0.3 is 0 Å². The van der Waals surface area contributed by atoms with Crippen LogP contribution in [0.3, 0.4) is 0 Å². The summed E-state index contributed by atoms with van der Waals surface area (Å²) < 4.78 is 5.28. The van der Waals surface area contributed by atoms with E-state index in [0.29, 0.717) is 22.0 Å². The summed E-state index contributed by atoms with van der Waals surface area (Å²) >= 11 is 1.35. The van der Waals surface area contributed by atoms with E-state index in [2.05, 4.69) is 11.4 Å². The number of hydrogen-bond acceptors (Lipinski definition) is 5. The number of fused-ring (bicyclic) bond motifs is 2. The average Bonchev–Trinajstić information content (AvgIpc) is 2.96. The van der Waals surface area contributed by atoms with Crippen molar-refractivity contribution in [3.8, 4) is 5.75 Å². The van der Waals surface area contributed by atoms with Crippen LogP contribution in [0.2, 0.25) is 0 Å². The number of methoxy groups -OCH3 is 1. The number of aromatic nitrogens is 1. The van der Waals surface area contributed by atoms with E-state index in [9.17, 15) is 4.79 Å². The van der Waals surface area contributed by atoms with Crippen LogP contribution in [-0.4, -0.2) is 18.0 Å². The first kappa shape index (κ1) is 15.9. The molecule has 0 spiro atoms. The highest BCUT2D eigenvalue weighted by Crippen LogP contribution is 2.36. The molecule has 0 bridgehead atoms. The summed E-state index contributed by atoms with van der Waals surface area (Å²) in [4.78, 5) is 18.8. The average molecular weight is 353 g/mol. The largest absolute Gasteiger partial charge is 0.495 e. The molecule has 0 unspecified atom stereocenters. The maximum absolute atomic E-state index is 12.7. The van der Waals surface area contributed by atoms with Gasteiger partial charge in [0.2, 0.25) is 0 Å². The van der Waals surface area contributed by atoms with Crippen LogP contribution in [0.25, 0.3) is 10.2 Å². The van der Waals surface area contributed by atoms with E-state index in [1.807, 2.05) is 12.1 Å². The molecule has 3 N–H and O–H groups in total. The Hall–Kier alpha value is -2.60. The third-order valence-electron chi connectivity index (χ3n) is 4.56.